The van der Waals surface area contributed by atoms with Crippen LogP contribution >= 0.6 is 0 Å². The van der Waals surface area contributed by atoms with Gasteiger partial charge in [0, 0.05) is 6.92 Å². The van der Waals surface area contributed by atoms with Gasteiger partial charge in [-0.25, -0.2) is 14.5 Å². The van der Waals surface area contributed by atoms with E-state index in [1.807, 2.05) is 0 Å². The van der Waals surface area contributed by atoms with Gasteiger partial charge in [0.1, 0.15) is 42.6 Å². The number of carbonyl (C=O) groups excluding carboxylic acids is 3. The summed E-state index contributed by atoms with van der Waals surface area (Å²) in [4.78, 5) is 38.2. The number of para-hydroxylation sites is 1. The molecule has 0 radical (unpaired) electrons. The molecule has 0 bridgehead atoms. The molecule has 1 aliphatic rings. The van der Waals surface area contributed by atoms with E-state index >= 15 is 0 Å². The maximum atomic E-state index is 12.3. The number of amides is 1. The van der Waals surface area contributed by atoms with Gasteiger partial charge in [0.05, 0.1) is 0 Å². The van der Waals surface area contributed by atoms with Crippen molar-refractivity contribution in [2.45, 2.75) is 31.5 Å². The molecule has 4 atom stereocenters. The number of aromatic nitrogens is 3. The summed E-state index contributed by atoms with van der Waals surface area (Å²) >= 11 is 0. The Labute approximate surface area is 163 Å². The van der Waals surface area contributed by atoms with Crippen molar-refractivity contribution in [3.05, 3.63) is 42.0 Å². The zero-order valence-corrected chi connectivity index (χ0v) is 15.2. The van der Waals surface area contributed by atoms with Gasteiger partial charge in [-0.3, -0.25) is 9.59 Å². The van der Waals surface area contributed by atoms with Crippen LogP contribution < -0.4 is 10.5 Å². The highest BCUT2D eigenvalue weighted by Gasteiger charge is 2.45. The summed E-state index contributed by atoms with van der Waals surface area (Å²) in [6.07, 6.45) is -3.96. The van der Waals surface area contributed by atoms with E-state index in [1.54, 1.807) is 12.1 Å². The molecule has 0 saturated carbocycles. The zero-order chi connectivity index (χ0) is 21.1. The fraction of sp³-hybridized carbons (Fsp3) is 0.353. The summed E-state index contributed by atoms with van der Waals surface area (Å²) in [6, 6.07) is 5.98. The lowest BCUT2D eigenvalue weighted by molar-refractivity contribution is -0.131. The van der Waals surface area contributed by atoms with Crippen molar-refractivity contribution in [1.29, 1.82) is 0 Å². The second-order valence-corrected chi connectivity index (χ2v) is 6.15. The fourth-order valence-electron chi connectivity index (χ4n) is 2.71. The Morgan fingerprint density at radius 3 is 2.62 bits per heavy atom. The van der Waals surface area contributed by atoms with E-state index < -0.39 is 49.0 Å². The predicted molar refractivity (Wildman–Crippen MR) is 92.5 cm³/mol. The van der Waals surface area contributed by atoms with Crippen LogP contribution in [-0.2, 0) is 14.3 Å². The number of hydrogen-bond donors (Lipinski definition) is 3. The van der Waals surface area contributed by atoms with Gasteiger partial charge >= 0.3 is 11.9 Å². The summed E-state index contributed by atoms with van der Waals surface area (Å²) in [5, 5.41) is 24.1. The van der Waals surface area contributed by atoms with Gasteiger partial charge in [0.2, 0.25) is 5.82 Å². The summed E-state index contributed by atoms with van der Waals surface area (Å²) in [5.41, 5.74) is 5.08. The number of hydrogen-bond acceptors (Lipinski definition) is 10. The van der Waals surface area contributed by atoms with Crippen molar-refractivity contribution in [3.8, 4) is 5.75 Å². The van der Waals surface area contributed by atoms with Crippen LogP contribution in [0.4, 0.5) is 0 Å². The van der Waals surface area contributed by atoms with Crippen molar-refractivity contribution in [1.82, 2.24) is 14.8 Å². The van der Waals surface area contributed by atoms with Crippen LogP contribution in [0.1, 0.15) is 34.1 Å². The Kier molecular flexibility index (Phi) is 5.87. The molecule has 0 spiro atoms. The van der Waals surface area contributed by atoms with Gasteiger partial charge in [-0.05, 0) is 12.1 Å². The normalized spacial score (nSPS) is 23.6. The first kappa shape index (κ1) is 20.4. The molecule has 1 aliphatic heterocycles. The number of ether oxygens (including phenoxy) is 3. The smallest absolute Gasteiger partial charge is 0.342 e. The van der Waals surface area contributed by atoms with Crippen molar-refractivity contribution in [2.24, 2.45) is 5.73 Å². The highest BCUT2D eigenvalue weighted by molar-refractivity contribution is 5.93. The Morgan fingerprint density at radius 2 is 1.97 bits per heavy atom. The van der Waals surface area contributed by atoms with Crippen molar-refractivity contribution < 1.29 is 38.8 Å². The molecular formula is C17H18N4O8. The van der Waals surface area contributed by atoms with Gasteiger partial charge in [-0.2, -0.15) is 0 Å². The summed E-state index contributed by atoms with van der Waals surface area (Å²) in [6.45, 7) is 0.791. The molecule has 1 fully saturated rings. The van der Waals surface area contributed by atoms with Gasteiger partial charge in [0.25, 0.3) is 5.91 Å². The molecular weight excluding hydrogens is 388 g/mol. The fourth-order valence-corrected chi connectivity index (χ4v) is 2.71. The number of nitrogens with two attached hydrogens (primary N) is 1. The first-order valence-corrected chi connectivity index (χ1v) is 8.45. The minimum Gasteiger partial charge on any atom is -0.459 e. The van der Waals surface area contributed by atoms with E-state index in [0.717, 1.165) is 11.0 Å². The van der Waals surface area contributed by atoms with Crippen LogP contribution in [0.15, 0.2) is 30.6 Å². The number of rotatable bonds is 6. The standard InChI is InChI=1S/C17H18N4O8/c1-8(22)28-10-5-3-2-4-9(10)17(26)27-6-11-12(23)13(24)16(29-11)21-7-19-15(20-21)14(18)25/h2-5,7,11-13,16,23-24H,6H2,1H3,(H2,18,25). The van der Waals surface area contributed by atoms with Crippen LogP contribution in [0.5, 0.6) is 5.75 Å². The maximum absolute atomic E-state index is 12.3. The van der Waals surface area contributed by atoms with Crippen molar-refractivity contribution >= 4 is 17.8 Å². The van der Waals surface area contributed by atoms with E-state index in [1.165, 1.54) is 19.1 Å². The quantitative estimate of drug-likeness (QED) is 0.389. The molecule has 2 aromatic rings. The zero-order valence-electron chi connectivity index (χ0n) is 15.2. The predicted octanol–water partition coefficient (Wildman–Crippen LogP) is -1.22. The first-order chi connectivity index (χ1) is 13.8. The Balaban J connectivity index is 1.66. The number of aliphatic hydroxyl groups is 2. The average molecular weight is 406 g/mol. The Morgan fingerprint density at radius 1 is 1.24 bits per heavy atom. The van der Waals surface area contributed by atoms with Crippen LogP contribution in [-0.4, -0.2) is 67.7 Å². The highest BCUT2D eigenvalue weighted by atomic mass is 16.6. The molecule has 4 unspecified atom stereocenters. The average Bonchev–Trinajstić information content (AvgIpc) is 3.26. The molecule has 1 aromatic carbocycles. The molecule has 2 heterocycles. The molecule has 3 rings (SSSR count). The first-order valence-electron chi connectivity index (χ1n) is 8.45. The molecule has 29 heavy (non-hydrogen) atoms. The molecule has 154 valence electrons. The van der Waals surface area contributed by atoms with Gasteiger partial charge in [-0.1, -0.05) is 12.1 Å². The summed E-state index contributed by atoms with van der Waals surface area (Å²) in [7, 11) is 0. The largest absolute Gasteiger partial charge is 0.459 e. The molecule has 12 nitrogen and oxygen atoms in total. The van der Waals surface area contributed by atoms with Crippen LogP contribution in [0.3, 0.4) is 0 Å². The minimum absolute atomic E-state index is 0.00895. The van der Waals surface area contributed by atoms with E-state index in [2.05, 4.69) is 10.1 Å². The lowest BCUT2D eigenvalue weighted by atomic mass is 10.1. The van der Waals surface area contributed by atoms with Crippen LogP contribution in [0.25, 0.3) is 0 Å². The maximum Gasteiger partial charge on any atom is 0.342 e. The van der Waals surface area contributed by atoms with Gasteiger partial charge in [0.15, 0.2) is 6.23 Å². The number of aliphatic hydroxyl groups excluding tert-OH is 2. The van der Waals surface area contributed by atoms with Crippen molar-refractivity contribution in [3.63, 3.8) is 0 Å². The number of primary amides is 1. The van der Waals surface area contributed by atoms with E-state index in [9.17, 15) is 24.6 Å². The number of carbonyl (C=O) groups is 3. The third kappa shape index (κ3) is 4.39. The van der Waals surface area contributed by atoms with Crippen LogP contribution in [0.2, 0.25) is 0 Å². The van der Waals surface area contributed by atoms with Crippen LogP contribution in [0, 0.1) is 0 Å². The Hall–Kier alpha value is -3.35. The molecule has 0 aliphatic carbocycles. The third-order valence-corrected chi connectivity index (χ3v) is 4.07. The van der Waals surface area contributed by atoms with E-state index in [0.29, 0.717) is 0 Å². The summed E-state index contributed by atoms with van der Waals surface area (Å²) < 4.78 is 16.6. The monoisotopic (exact) mass is 406 g/mol. The third-order valence-electron chi connectivity index (χ3n) is 4.07. The lowest BCUT2D eigenvalue weighted by Crippen LogP contribution is -2.34. The van der Waals surface area contributed by atoms with Gasteiger partial charge < -0.3 is 30.2 Å². The minimum atomic E-state index is -1.42. The number of nitrogens with zero attached hydrogens (tertiary/aromatic N) is 3. The summed E-state index contributed by atoms with van der Waals surface area (Å²) in [5.74, 6) is -2.54. The molecule has 1 amide bonds. The lowest BCUT2D eigenvalue weighted by Gasteiger charge is -2.15. The van der Waals surface area contributed by atoms with Crippen molar-refractivity contribution in [2.75, 3.05) is 6.61 Å². The van der Waals surface area contributed by atoms with E-state index in [-0.39, 0.29) is 17.1 Å². The second-order valence-electron chi connectivity index (χ2n) is 6.15. The SMILES string of the molecule is CC(=O)Oc1ccccc1C(=O)OCC1OC(n2cnc(C(N)=O)n2)C(O)C1O. The number of benzene rings is 1. The highest BCUT2D eigenvalue weighted by Crippen LogP contribution is 2.29. The molecule has 1 saturated heterocycles. The molecule has 1 aromatic heterocycles. The second kappa shape index (κ2) is 8.34. The molecule has 4 N–H and O–H groups in total. The van der Waals surface area contributed by atoms with E-state index in [4.69, 9.17) is 19.9 Å². The number of esters is 2. The Bertz CT molecular complexity index is 930. The molecule has 12 heteroatoms. The topological polar surface area (TPSA) is 176 Å². The van der Waals surface area contributed by atoms with Gasteiger partial charge in [-0.15, -0.1) is 5.10 Å².